The number of hydrogen-bond donors (Lipinski definition) is 0. The molecule has 3 nitrogen and oxygen atoms in total. The first-order chi connectivity index (χ1) is 13.2. The van der Waals surface area contributed by atoms with Gasteiger partial charge in [0.1, 0.15) is 5.82 Å². The maximum absolute atomic E-state index is 13.2. The molecule has 3 aromatic carbocycles. The zero-order chi connectivity index (χ0) is 18.6. The van der Waals surface area contributed by atoms with Crippen LogP contribution in [0.4, 0.5) is 15.8 Å². The van der Waals surface area contributed by atoms with Gasteiger partial charge in [-0.3, -0.25) is 9.69 Å². The number of carbonyl (C=O) groups is 1. The minimum Gasteiger partial charge on any atom is -0.273 e. The van der Waals surface area contributed by atoms with Crippen LogP contribution in [0.2, 0.25) is 0 Å². The number of nitrogens with zero attached hydrogens (tertiary/aromatic N) is 2. The Hall–Kier alpha value is -2.92. The van der Waals surface area contributed by atoms with Crippen molar-refractivity contribution >= 4 is 34.2 Å². The van der Waals surface area contributed by atoms with Crippen LogP contribution in [0, 0.1) is 5.82 Å². The van der Waals surface area contributed by atoms with Crippen LogP contribution in [-0.2, 0) is 11.2 Å². The van der Waals surface area contributed by atoms with Crippen molar-refractivity contribution in [2.24, 2.45) is 4.99 Å². The molecule has 0 aromatic heterocycles. The standard InChI is InChI=1S/C22H17FN2OS/c23-17-13-11-16(12-14-17)15-20-21(26)25(19-9-5-2-6-10-19)22(27-20)24-18-7-3-1-4-8-18/h1-14,20H,15H2. The molecule has 4 rings (SSSR count). The molecule has 1 atom stereocenters. The van der Waals surface area contributed by atoms with E-state index in [2.05, 4.69) is 0 Å². The Labute approximate surface area is 161 Å². The van der Waals surface area contributed by atoms with Crippen LogP contribution >= 0.6 is 11.8 Å². The lowest BCUT2D eigenvalue weighted by Gasteiger charge is -2.16. The molecule has 1 aliphatic rings. The van der Waals surface area contributed by atoms with Gasteiger partial charge in [-0.1, -0.05) is 60.3 Å². The summed E-state index contributed by atoms with van der Waals surface area (Å²) in [6.45, 7) is 0. The summed E-state index contributed by atoms with van der Waals surface area (Å²) < 4.78 is 13.2. The van der Waals surface area contributed by atoms with Crippen LogP contribution in [0.3, 0.4) is 0 Å². The van der Waals surface area contributed by atoms with E-state index in [1.165, 1.54) is 23.9 Å². The van der Waals surface area contributed by atoms with Crippen LogP contribution < -0.4 is 4.90 Å². The van der Waals surface area contributed by atoms with Gasteiger partial charge in [-0.15, -0.1) is 0 Å². The molecule has 1 unspecified atom stereocenters. The van der Waals surface area contributed by atoms with Gasteiger partial charge in [-0.2, -0.15) is 0 Å². The lowest BCUT2D eigenvalue weighted by atomic mass is 10.1. The smallest absolute Gasteiger partial charge is 0.247 e. The molecular formula is C22H17FN2OS. The van der Waals surface area contributed by atoms with Gasteiger partial charge < -0.3 is 0 Å². The summed E-state index contributed by atoms with van der Waals surface area (Å²) in [4.78, 5) is 19.5. The van der Waals surface area contributed by atoms with E-state index in [1.54, 1.807) is 17.0 Å². The van der Waals surface area contributed by atoms with Gasteiger partial charge in [0.15, 0.2) is 5.17 Å². The van der Waals surface area contributed by atoms with E-state index < -0.39 is 0 Å². The second-order valence-electron chi connectivity index (χ2n) is 6.18. The molecule has 0 saturated carbocycles. The Morgan fingerprint density at radius 2 is 1.52 bits per heavy atom. The minimum absolute atomic E-state index is 0.00907. The Morgan fingerprint density at radius 1 is 0.889 bits per heavy atom. The van der Waals surface area contributed by atoms with E-state index >= 15 is 0 Å². The van der Waals surface area contributed by atoms with Gasteiger partial charge in [0.2, 0.25) is 5.91 Å². The number of halogens is 1. The van der Waals surface area contributed by atoms with Crippen LogP contribution in [-0.4, -0.2) is 16.3 Å². The van der Waals surface area contributed by atoms with E-state index in [-0.39, 0.29) is 17.0 Å². The van der Waals surface area contributed by atoms with Crippen LogP contribution in [0.1, 0.15) is 5.56 Å². The fraction of sp³-hybridized carbons (Fsp3) is 0.0909. The van der Waals surface area contributed by atoms with Crippen molar-refractivity contribution in [2.45, 2.75) is 11.7 Å². The number of hydrogen-bond acceptors (Lipinski definition) is 3. The molecule has 1 fully saturated rings. The molecule has 1 amide bonds. The van der Waals surface area contributed by atoms with Gasteiger partial charge in [0.25, 0.3) is 0 Å². The van der Waals surface area contributed by atoms with E-state index in [0.717, 1.165) is 16.9 Å². The summed E-state index contributed by atoms with van der Waals surface area (Å²) in [7, 11) is 0. The highest BCUT2D eigenvalue weighted by Crippen LogP contribution is 2.35. The second-order valence-corrected chi connectivity index (χ2v) is 7.35. The number of benzene rings is 3. The van der Waals surface area contributed by atoms with Gasteiger partial charge in [0.05, 0.1) is 16.6 Å². The molecule has 1 saturated heterocycles. The third kappa shape index (κ3) is 3.93. The predicted octanol–water partition coefficient (Wildman–Crippen LogP) is 5.20. The largest absolute Gasteiger partial charge is 0.273 e. The number of amidine groups is 1. The van der Waals surface area contributed by atoms with Crippen LogP contribution in [0.25, 0.3) is 0 Å². The SMILES string of the molecule is O=C1C(Cc2ccc(F)cc2)SC(=Nc2ccccc2)N1c1ccccc1. The number of amides is 1. The van der Waals surface area contributed by atoms with Crippen LogP contribution in [0.15, 0.2) is 89.9 Å². The maximum atomic E-state index is 13.2. The summed E-state index contributed by atoms with van der Waals surface area (Å²) in [5.41, 5.74) is 2.53. The van der Waals surface area contributed by atoms with Crippen molar-refractivity contribution in [1.82, 2.24) is 0 Å². The molecule has 27 heavy (non-hydrogen) atoms. The number of para-hydroxylation sites is 2. The number of carbonyl (C=O) groups excluding carboxylic acids is 1. The lowest BCUT2D eigenvalue weighted by Crippen LogP contribution is -2.32. The summed E-state index contributed by atoms with van der Waals surface area (Å²) in [5.74, 6) is -0.286. The number of aliphatic imine (C=N–C) groups is 1. The topological polar surface area (TPSA) is 32.7 Å². The molecule has 1 aliphatic heterocycles. The molecule has 0 radical (unpaired) electrons. The fourth-order valence-corrected chi connectivity index (χ4v) is 4.13. The van der Waals surface area contributed by atoms with Crippen molar-refractivity contribution in [2.75, 3.05) is 4.90 Å². The molecular weight excluding hydrogens is 359 g/mol. The summed E-state index contributed by atoms with van der Waals surface area (Å²) >= 11 is 1.45. The Balaban J connectivity index is 1.67. The van der Waals surface area contributed by atoms with E-state index in [0.29, 0.717) is 11.6 Å². The second kappa shape index (κ2) is 7.76. The molecule has 3 aromatic rings. The first kappa shape index (κ1) is 17.5. The highest BCUT2D eigenvalue weighted by atomic mass is 32.2. The summed E-state index contributed by atoms with van der Waals surface area (Å²) in [6.07, 6.45) is 0.529. The van der Waals surface area contributed by atoms with Crippen molar-refractivity contribution in [3.63, 3.8) is 0 Å². The number of thioether (sulfide) groups is 1. The molecule has 1 heterocycles. The molecule has 0 bridgehead atoms. The molecule has 0 spiro atoms. The quantitative estimate of drug-likeness (QED) is 0.627. The summed E-state index contributed by atoms with van der Waals surface area (Å²) in [5, 5.41) is 0.364. The van der Waals surface area contributed by atoms with E-state index in [1.807, 2.05) is 60.7 Å². The van der Waals surface area contributed by atoms with Crippen LogP contribution in [0.5, 0.6) is 0 Å². The Kier molecular flexibility index (Phi) is 5.03. The monoisotopic (exact) mass is 376 g/mol. The molecule has 5 heteroatoms. The Bertz CT molecular complexity index is 959. The zero-order valence-electron chi connectivity index (χ0n) is 14.5. The van der Waals surface area contributed by atoms with Crippen molar-refractivity contribution in [3.8, 4) is 0 Å². The first-order valence-corrected chi connectivity index (χ1v) is 9.52. The van der Waals surface area contributed by atoms with Gasteiger partial charge in [0, 0.05) is 0 Å². The lowest BCUT2D eigenvalue weighted by molar-refractivity contribution is -0.116. The summed E-state index contributed by atoms with van der Waals surface area (Å²) in [6, 6.07) is 25.4. The number of anilines is 1. The van der Waals surface area contributed by atoms with E-state index in [4.69, 9.17) is 4.99 Å². The fourth-order valence-electron chi connectivity index (χ4n) is 2.94. The number of rotatable bonds is 4. The van der Waals surface area contributed by atoms with Crippen molar-refractivity contribution in [1.29, 1.82) is 0 Å². The van der Waals surface area contributed by atoms with Gasteiger partial charge >= 0.3 is 0 Å². The average molecular weight is 376 g/mol. The maximum Gasteiger partial charge on any atom is 0.247 e. The minimum atomic E-state index is -0.293. The third-order valence-corrected chi connectivity index (χ3v) is 5.40. The Morgan fingerprint density at radius 3 is 2.19 bits per heavy atom. The first-order valence-electron chi connectivity index (χ1n) is 8.64. The average Bonchev–Trinajstić information content (AvgIpc) is 3.00. The van der Waals surface area contributed by atoms with Gasteiger partial charge in [-0.05, 0) is 48.4 Å². The van der Waals surface area contributed by atoms with Crippen molar-refractivity contribution < 1.29 is 9.18 Å². The highest BCUT2D eigenvalue weighted by molar-refractivity contribution is 8.16. The normalized spacial score (nSPS) is 18.3. The van der Waals surface area contributed by atoms with Crippen molar-refractivity contribution in [3.05, 3.63) is 96.3 Å². The predicted molar refractivity (Wildman–Crippen MR) is 109 cm³/mol. The third-order valence-electron chi connectivity index (χ3n) is 4.26. The van der Waals surface area contributed by atoms with Gasteiger partial charge in [-0.25, -0.2) is 9.38 Å². The molecule has 0 N–H and O–H groups in total. The highest BCUT2D eigenvalue weighted by Gasteiger charge is 2.38. The zero-order valence-corrected chi connectivity index (χ0v) is 15.3. The molecule has 0 aliphatic carbocycles. The van der Waals surface area contributed by atoms with E-state index in [9.17, 15) is 9.18 Å². The molecule has 134 valence electrons.